The summed E-state index contributed by atoms with van der Waals surface area (Å²) in [6, 6.07) is 8.78. The minimum Gasteiger partial charge on any atom is -0.308 e. The molecule has 1 aliphatic carbocycles. The van der Waals surface area contributed by atoms with Gasteiger partial charge in [0.15, 0.2) is 0 Å². The molecule has 0 aromatic heterocycles. The van der Waals surface area contributed by atoms with E-state index in [2.05, 4.69) is 32.0 Å². The van der Waals surface area contributed by atoms with Gasteiger partial charge in [-0.1, -0.05) is 32.0 Å². The van der Waals surface area contributed by atoms with Gasteiger partial charge in [-0.3, -0.25) is 4.79 Å². The Labute approximate surface area is 96.3 Å². The minimum atomic E-state index is 0.183. The quantitative estimate of drug-likeness (QED) is 0.705. The van der Waals surface area contributed by atoms with E-state index in [0.29, 0.717) is 23.8 Å². The number of para-hydroxylation sites is 1. The van der Waals surface area contributed by atoms with Gasteiger partial charge in [0, 0.05) is 24.6 Å². The summed E-state index contributed by atoms with van der Waals surface area (Å²) >= 11 is 0. The number of hydrogen-bond donors (Lipinski definition) is 0. The highest BCUT2D eigenvalue weighted by atomic mass is 16.2. The lowest BCUT2D eigenvalue weighted by Gasteiger charge is -2.21. The first kappa shape index (κ1) is 9.88. The lowest BCUT2D eigenvalue weighted by Crippen LogP contribution is -2.31. The molecule has 1 aliphatic heterocycles. The van der Waals surface area contributed by atoms with Gasteiger partial charge in [0.1, 0.15) is 0 Å². The summed E-state index contributed by atoms with van der Waals surface area (Å²) in [5.74, 6) is 2.10. The molecular formula is C14H17NO. The lowest BCUT2D eigenvalue weighted by molar-refractivity contribution is -0.116. The first-order valence-corrected chi connectivity index (χ1v) is 6.01. The molecule has 2 heteroatoms. The fourth-order valence-electron chi connectivity index (χ4n) is 3.38. The van der Waals surface area contributed by atoms with Crippen LogP contribution in [0.1, 0.15) is 32.3 Å². The number of rotatable bonds is 1. The van der Waals surface area contributed by atoms with Crippen LogP contribution in [0.15, 0.2) is 24.3 Å². The van der Waals surface area contributed by atoms with E-state index >= 15 is 0 Å². The Morgan fingerprint density at radius 2 is 2.00 bits per heavy atom. The zero-order chi connectivity index (χ0) is 11.4. The third-order valence-corrected chi connectivity index (χ3v) is 4.00. The molecule has 0 bridgehead atoms. The van der Waals surface area contributed by atoms with Crippen LogP contribution in [0.3, 0.4) is 0 Å². The van der Waals surface area contributed by atoms with E-state index in [9.17, 15) is 4.79 Å². The molecular weight excluding hydrogens is 198 g/mol. The van der Waals surface area contributed by atoms with E-state index < -0.39 is 0 Å². The van der Waals surface area contributed by atoms with Crippen molar-refractivity contribution in [3.63, 3.8) is 0 Å². The molecule has 1 amide bonds. The van der Waals surface area contributed by atoms with E-state index in [-0.39, 0.29) is 5.91 Å². The van der Waals surface area contributed by atoms with Crippen LogP contribution >= 0.6 is 0 Å². The van der Waals surface area contributed by atoms with Gasteiger partial charge in [0.25, 0.3) is 0 Å². The average Bonchev–Trinajstić information content (AvgIpc) is 2.86. The van der Waals surface area contributed by atoms with Gasteiger partial charge in [-0.2, -0.15) is 0 Å². The van der Waals surface area contributed by atoms with Crippen LogP contribution in [-0.4, -0.2) is 11.9 Å². The third kappa shape index (κ3) is 1.10. The van der Waals surface area contributed by atoms with Crippen molar-refractivity contribution in [2.45, 2.75) is 32.7 Å². The molecule has 2 aliphatic rings. The molecule has 3 rings (SSSR count). The Morgan fingerprint density at radius 3 is 2.62 bits per heavy atom. The highest BCUT2D eigenvalue weighted by molar-refractivity contribution is 5.96. The maximum Gasteiger partial charge on any atom is 0.224 e. The summed E-state index contributed by atoms with van der Waals surface area (Å²) in [5, 5.41) is 0. The van der Waals surface area contributed by atoms with Crippen LogP contribution in [0.4, 0.5) is 5.69 Å². The molecule has 1 saturated carbocycles. The number of carbonyl (C=O) groups is 1. The molecule has 3 unspecified atom stereocenters. The number of fused-ring (bicyclic) bond motifs is 3. The van der Waals surface area contributed by atoms with Crippen molar-refractivity contribution >= 4 is 11.6 Å². The number of anilines is 1. The van der Waals surface area contributed by atoms with Crippen molar-refractivity contribution in [1.29, 1.82) is 0 Å². The van der Waals surface area contributed by atoms with E-state index in [0.717, 1.165) is 5.69 Å². The van der Waals surface area contributed by atoms with Gasteiger partial charge in [-0.05, 0) is 23.5 Å². The fraction of sp³-hybridized carbons (Fsp3) is 0.500. The predicted octanol–water partition coefficient (Wildman–Crippen LogP) is 2.79. The minimum absolute atomic E-state index is 0.183. The molecule has 3 atom stereocenters. The van der Waals surface area contributed by atoms with Gasteiger partial charge in [0.05, 0.1) is 0 Å². The van der Waals surface area contributed by atoms with E-state index in [4.69, 9.17) is 0 Å². The molecule has 0 spiro atoms. The van der Waals surface area contributed by atoms with Crippen molar-refractivity contribution in [1.82, 2.24) is 0 Å². The Balaban J connectivity index is 2.05. The molecule has 0 saturated heterocycles. The van der Waals surface area contributed by atoms with Crippen LogP contribution in [-0.2, 0) is 4.79 Å². The van der Waals surface area contributed by atoms with Gasteiger partial charge in [-0.15, -0.1) is 0 Å². The van der Waals surface area contributed by atoms with Crippen LogP contribution in [0.5, 0.6) is 0 Å². The number of nitrogens with zero attached hydrogens (tertiary/aromatic N) is 1. The van der Waals surface area contributed by atoms with E-state index in [1.54, 1.807) is 6.92 Å². The Bertz CT molecular complexity index is 452. The number of amides is 1. The largest absolute Gasteiger partial charge is 0.308 e. The second kappa shape index (κ2) is 3.09. The van der Waals surface area contributed by atoms with Crippen LogP contribution in [0, 0.1) is 11.8 Å². The Hall–Kier alpha value is -1.31. The average molecular weight is 215 g/mol. The molecule has 16 heavy (non-hydrogen) atoms. The van der Waals surface area contributed by atoms with Crippen LogP contribution in [0.2, 0.25) is 0 Å². The highest BCUT2D eigenvalue weighted by Gasteiger charge is 2.61. The molecule has 0 N–H and O–H groups in total. The molecule has 1 aromatic carbocycles. The van der Waals surface area contributed by atoms with Crippen molar-refractivity contribution < 1.29 is 4.79 Å². The van der Waals surface area contributed by atoms with Gasteiger partial charge in [-0.25, -0.2) is 0 Å². The molecule has 1 heterocycles. The van der Waals surface area contributed by atoms with Gasteiger partial charge < -0.3 is 4.90 Å². The zero-order valence-electron chi connectivity index (χ0n) is 9.97. The molecule has 1 aromatic rings. The van der Waals surface area contributed by atoms with E-state index in [1.165, 1.54) is 5.56 Å². The summed E-state index contributed by atoms with van der Waals surface area (Å²) < 4.78 is 0. The van der Waals surface area contributed by atoms with Gasteiger partial charge in [0.2, 0.25) is 5.91 Å². The Morgan fingerprint density at radius 1 is 1.31 bits per heavy atom. The monoisotopic (exact) mass is 215 g/mol. The smallest absolute Gasteiger partial charge is 0.224 e. The third-order valence-electron chi connectivity index (χ3n) is 4.00. The first-order chi connectivity index (χ1) is 7.63. The summed E-state index contributed by atoms with van der Waals surface area (Å²) in [5.41, 5.74) is 2.52. The topological polar surface area (TPSA) is 20.3 Å². The predicted molar refractivity (Wildman–Crippen MR) is 64.5 cm³/mol. The highest BCUT2D eigenvalue weighted by Crippen LogP contribution is 2.62. The number of hydrogen-bond acceptors (Lipinski definition) is 1. The normalized spacial score (nSPS) is 30.2. The zero-order valence-corrected chi connectivity index (χ0v) is 9.97. The summed E-state index contributed by atoms with van der Waals surface area (Å²) in [6.45, 7) is 6.18. The summed E-state index contributed by atoms with van der Waals surface area (Å²) in [7, 11) is 0. The van der Waals surface area contributed by atoms with Crippen LogP contribution in [0.25, 0.3) is 0 Å². The maximum atomic E-state index is 11.7. The molecule has 2 nitrogen and oxygen atoms in total. The summed E-state index contributed by atoms with van der Waals surface area (Å²) in [6.07, 6.45) is 0. The molecule has 0 radical (unpaired) electrons. The van der Waals surface area contributed by atoms with Crippen molar-refractivity contribution in [3.8, 4) is 0 Å². The molecule has 1 fully saturated rings. The number of carbonyl (C=O) groups excluding carboxylic acids is 1. The molecule has 84 valence electrons. The lowest BCUT2D eigenvalue weighted by atomic mass is 10.0. The van der Waals surface area contributed by atoms with E-state index in [1.807, 2.05) is 11.0 Å². The maximum absolute atomic E-state index is 11.7. The second-order valence-electron chi connectivity index (χ2n) is 5.29. The SMILES string of the molecule is CC(=O)N1c2ccccc2C2C(C(C)C)C21. The summed E-state index contributed by atoms with van der Waals surface area (Å²) in [4.78, 5) is 13.7. The number of benzene rings is 1. The van der Waals surface area contributed by atoms with Gasteiger partial charge >= 0.3 is 0 Å². The van der Waals surface area contributed by atoms with Crippen molar-refractivity contribution in [3.05, 3.63) is 29.8 Å². The second-order valence-corrected chi connectivity index (χ2v) is 5.29. The van der Waals surface area contributed by atoms with Crippen molar-refractivity contribution in [2.24, 2.45) is 11.8 Å². The Kier molecular flexibility index (Phi) is 1.91. The fourth-order valence-corrected chi connectivity index (χ4v) is 3.38. The standard InChI is InChI=1S/C14H17NO/c1-8(2)12-13-10-6-4-5-7-11(10)15(9(3)16)14(12)13/h4-8,12-14H,1-3H3. The van der Waals surface area contributed by atoms with Crippen molar-refractivity contribution in [2.75, 3.05) is 4.90 Å². The first-order valence-electron chi connectivity index (χ1n) is 6.01. The van der Waals surface area contributed by atoms with Crippen LogP contribution < -0.4 is 4.90 Å².